The van der Waals surface area contributed by atoms with E-state index in [4.69, 9.17) is 61.6 Å². The quantitative estimate of drug-likeness (QED) is 0.0622. The number of aliphatic hydroxyl groups excluding tert-OH is 6. The van der Waals surface area contributed by atoms with Gasteiger partial charge in [0, 0.05) is 62.7 Å². The molecule has 5 heterocycles. The molecule has 4 aliphatic carbocycles. The van der Waals surface area contributed by atoms with E-state index in [0.29, 0.717) is 44.1 Å². The third-order valence-corrected chi connectivity index (χ3v) is 20.5. The predicted molar refractivity (Wildman–Crippen MR) is 281 cm³/mol. The fraction of sp³-hybridized carbons (Fsp3) is 0.897. The first-order valence-electron chi connectivity index (χ1n) is 29.3. The van der Waals surface area contributed by atoms with Gasteiger partial charge in [0.2, 0.25) is 0 Å². The molecular weight excluding hydrogens is 1060 g/mol. The summed E-state index contributed by atoms with van der Waals surface area (Å²) in [5.74, 6) is -1.64. The van der Waals surface area contributed by atoms with Crippen molar-refractivity contribution in [3.05, 3.63) is 23.3 Å². The highest BCUT2D eigenvalue weighted by atomic mass is 16.8. The lowest BCUT2D eigenvalue weighted by Crippen LogP contribution is -2.75. The number of esters is 1. The number of ether oxygens (including phenoxy) is 13. The molecule has 5 aliphatic heterocycles. The fourth-order valence-corrected chi connectivity index (χ4v) is 15.6. The van der Waals surface area contributed by atoms with E-state index in [1.165, 1.54) is 14.0 Å². The number of hydrogen-bond donors (Lipinski definition) is 8. The minimum Gasteiger partial charge on any atom is -0.458 e. The molecule has 0 aromatic heterocycles. The number of carbonyl (C=O) groups is 2. The lowest BCUT2D eigenvalue weighted by atomic mass is 9.43. The van der Waals surface area contributed by atoms with Gasteiger partial charge in [-0.2, -0.15) is 0 Å². The average molecular weight is 1160 g/mol. The first-order chi connectivity index (χ1) is 38.2. The summed E-state index contributed by atoms with van der Waals surface area (Å²) in [5, 5.41) is 89.4. The van der Waals surface area contributed by atoms with Crippen molar-refractivity contribution in [3.63, 3.8) is 0 Å². The zero-order chi connectivity index (χ0) is 58.8. The molecule has 0 aromatic rings. The summed E-state index contributed by atoms with van der Waals surface area (Å²) in [6, 6.07) is 0. The summed E-state index contributed by atoms with van der Waals surface area (Å²) in [4.78, 5) is 26.6. The van der Waals surface area contributed by atoms with Crippen molar-refractivity contribution >= 4 is 11.8 Å². The van der Waals surface area contributed by atoms with E-state index in [2.05, 4.69) is 13.0 Å². The minimum atomic E-state index is -1.68. The molecule has 0 bridgehead atoms. The summed E-state index contributed by atoms with van der Waals surface area (Å²) >= 11 is 0. The van der Waals surface area contributed by atoms with E-state index in [-0.39, 0.29) is 44.0 Å². The Balaban J connectivity index is 0.754. The Kier molecular flexibility index (Phi) is 19.5. The van der Waals surface area contributed by atoms with Crippen molar-refractivity contribution in [1.29, 1.82) is 0 Å². The van der Waals surface area contributed by atoms with Crippen molar-refractivity contribution in [2.45, 2.75) is 285 Å². The second-order valence-corrected chi connectivity index (χ2v) is 25.1. The number of rotatable bonds is 16. The molecule has 8 fully saturated rings. The zero-order valence-electron chi connectivity index (χ0n) is 48.8. The van der Waals surface area contributed by atoms with Crippen LogP contribution in [0.3, 0.4) is 0 Å². The maximum Gasteiger partial charge on any atom is 0.333 e. The highest BCUT2D eigenvalue weighted by Gasteiger charge is 2.77. The zero-order valence-corrected chi connectivity index (χ0v) is 48.8. The highest BCUT2D eigenvalue weighted by molar-refractivity contribution is 5.88. The molecule has 0 radical (unpaired) electrons. The third kappa shape index (κ3) is 11.7. The van der Waals surface area contributed by atoms with Crippen molar-refractivity contribution in [1.82, 2.24) is 0 Å². The van der Waals surface area contributed by atoms with E-state index >= 15 is 0 Å². The van der Waals surface area contributed by atoms with Gasteiger partial charge in [-0.1, -0.05) is 31.6 Å². The molecular formula is C58H92O23. The Morgan fingerprint density at radius 3 is 1.70 bits per heavy atom. The Morgan fingerprint density at radius 1 is 0.667 bits per heavy atom. The average Bonchev–Trinajstić information content (AvgIpc) is 4.02. The minimum absolute atomic E-state index is 0.00455. The Hall–Kier alpha value is -2.18. The molecule has 29 atom stereocenters. The molecule has 29 unspecified atom stereocenters. The molecule has 9 aliphatic rings. The van der Waals surface area contributed by atoms with Crippen molar-refractivity contribution in [2.24, 2.45) is 22.7 Å². The van der Waals surface area contributed by atoms with Gasteiger partial charge in [-0.3, -0.25) is 4.79 Å². The van der Waals surface area contributed by atoms with Crippen LogP contribution < -0.4 is 0 Å². The van der Waals surface area contributed by atoms with Gasteiger partial charge in [0.15, 0.2) is 31.5 Å². The van der Waals surface area contributed by atoms with Crippen LogP contribution in [0.1, 0.15) is 133 Å². The van der Waals surface area contributed by atoms with Crippen LogP contribution in [0.25, 0.3) is 0 Å². The number of carbonyl (C=O) groups excluding carboxylic acids is 2. The van der Waals surface area contributed by atoms with E-state index in [0.717, 1.165) is 5.57 Å². The van der Waals surface area contributed by atoms with Crippen molar-refractivity contribution in [3.8, 4) is 0 Å². The molecule has 8 N–H and O–H groups in total. The van der Waals surface area contributed by atoms with Gasteiger partial charge in [-0.05, 0) is 98.8 Å². The summed E-state index contributed by atoms with van der Waals surface area (Å²) in [7, 11) is 3.07. The number of aliphatic hydroxyl groups is 8. The summed E-state index contributed by atoms with van der Waals surface area (Å²) < 4.78 is 80.5. The highest BCUT2D eigenvalue weighted by Crippen LogP contribution is 2.70. The van der Waals surface area contributed by atoms with Gasteiger partial charge >= 0.3 is 5.97 Å². The van der Waals surface area contributed by atoms with E-state index in [1.807, 2.05) is 13.8 Å². The molecule has 462 valence electrons. The van der Waals surface area contributed by atoms with Gasteiger partial charge in [-0.25, -0.2) is 4.79 Å². The molecule has 81 heavy (non-hydrogen) atoms. The Labute approximate surface area is 474 Å². The number of ketones is 1. The van der Waals surface area contributed by atoms with Gasteiger partial charge < -0.3 is 102 Å². The smallest absolute Gasteiger partial charge is 0.333 e. The third-order valence-electron chi connectivity index (χ3n) is 20.5. The van der Waals surface area contributed by atoms with Crippen LogP contribution in [0.4, 0.5) is 0 Å². The van der Waals surface area contributed by atoms with E-state index < -0.39 is 182 Å². The maximum atomic E-state index is 13.4. The Morgan fingerprint density at radius 2 is 1.19 bits per heavy atom. The molecule has 23 nitrogen and oxygen atoms in total. The molecule has 0 amide bonds. The summed E-state index contributed by atoms with van der Waals surface area (Å²) in [5.41, 5.74) is -3.45. The molecule has 9 rings (SSSR count). The topological polar surface area (TPSA) is 316 Å². The SMILES string of the molecule is CC=C(C)C(=O)OC1CC2C3(C)CCC(OC4CC(OC)C(OC5CC(O)C(OC6CC(O)C(OC7CC(OC)C(OC8OC(CO)C(O)C(O)C8O)C(C)O7)C(C)O6)C(C)O5)C(C)O4)CC3=CCC2(O)C2(O)CCC(C(C)=O)C12C. The summed E-state index contributed by atoms with van der Waals surface area (Å²) in [6.45, 7) is 15.4. The first kappa shape index (κ1) is 63.3. The van der Waals surface area contributed by atoms with Crippen LogP contribution in [0.2, 0.25) is 0 Å². The number of hydrogen-bond acceptors (Lipinski definition) is 23. The predicted octanol–water partition coefficient (Wildman–Crippen LogP) is 1.89. The van der Waals surface area contributed by atoms with Gasteiger partial charge in [0.1, 0.15) is 71.9 Å². The lowest BCUT2D eigenvalue weighted by Gasteiger charge is -2.66. The maximum absolute atomic E-state index is 13.4. The van der Waals surface area contributed by atoms with Crippen LogP contribution in [-0.4, -0.2) is 226 Å². The standard InChI is InChI=1S/C58H92O23/c1-12-26(2)53(66)77-41-24-40-55(8)16-14-33(19-32(55)13-17-57(40,67)58(68)18-15-34(27(3)60)56(41,58)9)75-44-22-37(69-10)51(30(6)73-44)80-43-21-36(62)49(28(4)72-43)78-42-20-35(61)50(29(5)71-42)79-45-23-38(70-11)52(31(7)74-45)81-54-48(65)47(64)46(63)39(25-59)76-54/h12-13,28-31,33-52,54,59,61-65,67-68H,14-25H2,1-11H3. The van der Waals surface area contributed by atoms with Crippen molar-refractivity contribution in [2.75, 3.05) is 20.8 Å². The molecule has 0 spiro atoms. The van der Waals surface area contributed by atoms with Gasteiger partial charge in [0.05, 0.1) is 61.5 Å². The monoisotopic (exact) mass is 1160 g/mol. The van der Waals surface area contributed by atoms with Crippen LogP contribution in [0.5, 0.6) is 0 Å². The Bertz CT molecular complexity index is 2230. The fourth-order valence-electron chi connectivity index (χ4n) is 15.6. The molecule has 5 saturated heterocycles. The van der Waals surface area contributed by atoms with E-state index in [9.17, 15) is 50.4 Å². The largest absolute Gasteiger partial charge is 0.458 e. The number of Topliss-reactive ketones (excluding diaryl/α,β-unsaturated/α-hetero) is 1. The van der Waals surface area contributed by atoms with Crippen LogP contribution in [0, 0.1) is 22.7 Å². The second kappa shape index (κ2) is 24.9. The van der Waals surface area contributed by atoms with Crippen molar-refractivity contribution < 1.29 is 112 Å². The second-order valence-electron chi connectivity index (χ2n) is 25.1. The first-order valence-corrected chi connectivity index (χ1v) is 29.3. The van der Waals surface area contributed by atoms with Gasteiger partial charge in [-0.15, -0.1) is 0 Å². The van der Waals surface area contributed by atoms with E-state index in [1.54, 1.807) is 47.8 Å². The summed E-state index contributed by atoms with van der Waals surface area (Å²) in [6.07, 6.45) is -13.3. The van der Waals surface area contributed by atoms with Crippen LogP contribution >= 0.6 is 0 Å². The molecule has 23 heteroatoms. The number of fused-ring (bicyclic) bond motifs is 5. The number of methoxy groups -OCH3 is 2. The normalized spacial score (nSPS) is 51.3. The molecule has 0 aromatic carbocycles. The molecule has 3 saturated carbocycles. The van der Waals surface area contributed by atoms with Gasteiger partial charge in [0.25, 0.3) is 0 Å². The number of allylic oxidation sites excluding steroid dienone is 1. The lowest BCUT2D eigenvalue weighted by molar-refractivity contribution is -0.357. The van der Waals surface area contributed by atoms with Crippen LogP contribution in [-0.2, 0) is 71.2 Å². The van der Waals surface area contributed by atoms with Crippen LogP contribution in [0.15, 0.2) is 23.3 Å².